The molecular weight excluding hydrogens is 326 g/mol. The van der Waals surface area contributed by atoms with E-state index < -0.39 is 0 Å². The number of hydrogen-bond donors (Lipinski definition) is 0. The maximum absolute atomic E-state index is 12.3. The zero-order valence-electron chi connectivity index (χ0n) is 16.3. The number of ketones is 1. The van der Waals surface area contributed by atoms with Crippen molar-refractivity contribution >= 4 is 5.78 Å². The fraction of sp³-hybridized carbons (Fsp3) is 0.818. The van der Waals surface area contributed by atoms with Crippen molar-refractivity contribution in [3.63, 3.8) is 0 Å². The predicted molar refractivity (Wildman–Crippen MR) is 98.0 cm³/mol. The van der Waals surface area contributed by atoms with Gasteiger partial charge in [-0.3, -0.25) is 4.79 Å². The predicted octanol–water partition coefficient (Wildman–Crippen LogP) is 4.40. The zero-order valence-corrected chi connectivity index (χ0v) is 16.3. The number of carbonyl (C=O) groups excluding carboxylic acids is 1. The first-order valence-corrected chi connectivity index (χ1v) is 10.2. The second-order valence-electron chi connectivity index (χ2n) is 9.41. The number of nitrogens with zero attached hydrogens (tertiary/aromatic N) is 1. The van der Waals surface area contributed by atoms with E-state index in [1.807, 2.05) is 0 Å². The summed E-state index contributed by atoms with van der Waals surface area (Å²) in [5.74, 6) is 2.09. The SMILES string of the molecule is COCO[C@H]1CC[C@H]2[C@@H]3CCC4=C(C#N)C(=O)CC[C@]4(C)[C@H]3CC[C@]12C. The van der Waals surface area contributed by atoms with Crippen LogP contribution < -0.4 is 0 Å². The third-order valence-electron chi connectivity index (χ3n) is 8.54. The minimum Gasteiger partial charge on any atom is -0.359 e. The smallest absolute Gasteiger partial charge is 0.173 e. The molecule has 0 aliphatic heterocycles. The van der Waals surface area contributed by atoms with E-state index in [9.17, 15) is 10.1 Å². The van der Waals surface area contributed by atoms with Gasteiger partial charge in [0, 0.05) is 13.5 Å². The molecule has 3 fully saturated rings. The van der Waals surface area contributed by atoms with Crippen LogP contribution in [0.1, 0.15) is 65.2 Å². The molecule has 0 aromatic rings. The van der Waals surface area contributed by atoms with Crippen LogP contribution in [0.5, 0.6) is 0 Å². The number of allylic oxidation sites excluding steroid dienone is 1. The molecule has 0 radical (unpaired) electrons. The van der Waals surface area contributed by atoms with Crippen molar-refractivity contribution in [2.24, 2.45) is 28.6 Å². The molecule has 0 N–H and O–H groups in total. The van der Waals surface area contributed by atoms with Crippen molar-refractivity contribution in [3.05, 3.63) is 11.1 Å². The lowest BCUT2D eigenvalue weighted by Gasteiger charge is -2.58. The third-order valence-corrected chi connectivity index (χ3v) is 8.54. The number of carbonyl (C=O) groups is 1. The van der Waals surface area contributed by atoms with Crippen LogP contribution >= 0.6 is 0 Å². The minimum atomic E-state index is 0.0503. The average molecular weight is 357 g/mol. The van der Waals surface area contributed by atoms with Crippen LogP contribution in [0.25, 0.3) is 0 Å². The van der Waals surface area contributed by atoms with Crippen LogP contribution in [0.4, 0.5) is 0 Å². The Morgan fingerprint density at radius 1 is 1.12 bits per heavy atom. The van der Waals surface area contributed by atoms with Crippen molar-refractivity contribution in [2.75, 3.05) is 13.9 Å². The molecule has 0 saturated heterocycles. The molecule has 0 aromatic carbocycles. The highest BCUT2D eigenvalue weighted by molar-refractivity contribution is 6.01. The molecule has 26 heavy (non-hydrogen) atoms. The second-order valence-corrected chi connectivity index (χ2v) is 9.41. The van der Waals surface area contributed by atoms with Crippen LogP contribution in [-0.4, -0.2) is 25.8 Å². The lowest BCUT2D eigenvalue weighted by Crippen LogP contribution is -2.52. The number of methoxy groups -OCH3 is 1. The quantitative estimate of drug-likeness (QED) is 0.702. The standard InChI is InChI=1S/C22H31NO3/c1-21-11-9-19(24)15(12-23)17(21)5-4-14-16-6-7-20(26-13-25-3)22(16,2)10-8-18(14)21/h14,16,18,20H,4-11,13H2,1-3H3/t14-,16-,18-,20-,21-,22-/m0/s1. The number of nitriles is 1. The Bertz CT molecular complexity index is 677. The van der Waals surface area contributed by atoms with Gasteiger partial charge in [0.2, 0.25) is 0 Å². The molecule has 0 amide bonds. The van der Waals surface area contributed by atoms with Gasteiger partial charge >= 0.3 is 0 Å². The summed E-state index contributed by atoms with van der Waals surface area (Å²) < 4.78 is 11.2. The molecule has 3 saturated carbocycles. The van der Waals surface area contributed by atoms with Crippen LogP contribution in [0.15, 0.2) is 11.1 Å². The van der Waals surface area contributed by atoms with Gasteiger partial charge in [-0.2, -0.15) is 5.26 Å². The van der Waals surface area contributed by atoms with Gasteiger partial charge in [0.15, 0.2) is 5.78 Å². The summed E-state index contributed by atoms with van der Waals surface area (Å²) in [5, 5.41) is 9.56. The monoisotopic (exact) mass is 357 g/mol. The summed E-state index contributed by atoms with van der Waals surface area (Å²) in [4.78, 5) is 12.3. The largest absolute Gasteiger partial charge is 0.359 e. The van der Waals surface area contributed by atoms with E-state index in [0.717, 1.165) is 25.7 Å². The summed E-state index contributed by atoms with van der Waals surface area (Å²) in [6.07, 6.45) is 8.60. The molecule has 4 heteroatoms. The molecule has 142 valence electrons. The van der Waals surface area contributed by atoms with Gasteiger partial charge in [-0.25, -0.2) is 0 Å². The van der Waals surface area contributed by atoms with E-state index >= 15 is 0 Å². The number of hydrogen-bond acceptors (Lipinski definition) is 4. The van der Waals surface area contributed by atoms with Crippen LogP contribution in [0.2, 0.25) is 0 Å². The molecule has 4 nitrogen and oxygen atoms in total. The highest BCUT2D eigenvalue weighted by Gasteiger charge is 2.60. The van der Waals surface area contributed by atoms with Crippen LogP contribution in [-0.2, 0) is 14.3 Å². The molecule has 0 heterocycles. The van der Waals surface area contributed by atoms with Gasteiger partial charge in [-0.05, 0) is 79.1 Å². The second kappa shape index (κ2) is 6.46. The van der Waals surface area contributed by atoms with E-state index in [1.165, 1.54) is 24.8 Å². The summed E-state index contributed by atoms with van der Waals surface area (Å²) in [6.45, 7) is 5.17. The molecule has 4 aliphatic carbocycles. The third kappa shape index (κ3) is 2.43. The normalized spacial score (nSPS) is 44.9. The van der Waals surface area contributed by atoms with Gasteiger partial charge < -0.3 is 9.47 Å². The summed E-state index contributed by atoms with van der Waals surface area (Å²) >= 11 is 0. The van der Waals surface area contributed by atoms with Gasteiger partial charge in [0.25, 0.3) is 0 Å². The lowest BCUT2D eigenvalue weighted by atomic mass is 9.47. The van der Waals surface area contributed by atoms with Crippen molar-refractivity contribution in [1.82, 2.24) is 0 Å². The Morgan fingerprint density at radius 2 is 1.92 bits per heavy atom. The zero-order chi connectivity index (χ0) is 18.5. The lowest BCUT2D eigenvalue weighted by molar-refractivity contribution is -0.138. The first kappa shape index (κ1) is 18.2. The Kier molecular flexibility index (Phi) is 4.52. The van der Waals surface area contributed by atoms with Gasteiger partial charge in [-0.1, -0.05) is 13.8 Å². The summed E-state index contributed by atoms with van der Waals surface area (Å²) in [5.41, 5.74) is 1.98. The Balaban J connectivity index is 1.64. The van der Waals surface area contributed by atoms with Crippen molar-refractivity contribution in [3.8, 4) is 6.07 Å². The molecule has 0 bridgehead atoms. The van der Waals surface area contributed by atoms with E-state index in [4.69, 9.17) is 9.47 Å². The molecule has 4 aliphatic rings. The Labute approximate surface area is 156 Å². The number of fused-ring (bicyclic) bond motifs is 5. The van der Waals surface area contributed by atoms with Gasteiger partial charge in [0.05, 0.1) is 11.7 Å². The van der Waals surface area contributed by atoms with E-state index in [-0.39, 0.29) is 16.6 Å². The highest BCUT2D eigenvalue weighted by atomic mass is 16.7. The van der Waals surface area contributed by atoms with Crippen LogP contribution in [0.3, 0.4) is 0 Å². The van der Waals surface area contributed by atoms with E-state index in [2.05, 4.69) is 19.9 Å². The maximum Gasteiger partial charge on any atom is 0.173 e. The molecule has 6 atom stereocenters. The number of Topliss-reactive ketones (excluding diaryl/α,β-unsaturated/α-hetero) is 1. The van der Waals surface area contributed by atoms with Crippen molar-refractivity contribution in [2.45, 2.75) is 71.3 Å². The first-order chi connectivity index (χ1) is 12.5. The average Bonchev–Trinajstić information content (AvgIpc) is 2.97. The minimum absolute atomic E-state index is 0.0503. The molecule has 0 spiro atoms. The van der Waals surface area contributed by atoms with Gasteiger partial charge in [0.1, 0.15) is 12.9 Å². The van der Waals surface area contributed by atoms with E-state index in [0.29, 0.717) is 42.6 Å². The van der Waals surface area contributed by atoms with Crippen molar-refractivity contribution in [1.29, 1.82) is 5.26 Å². The molecular formula is C22H31NO3. The fourth-order valence-corrected chi connectivity index (χ4v) is 7.22. The summed E-state index contributed by atoms with van der Waals surface area (Å²) in [7, 11) is 1.69. The summed E-state index contributed by atoms with van der Waals surface area (Å²) in [6, 6.07) is 2.25. The molecule has 0 aromatic heterocycles. The van der Waals surface area contributed by atoms with Gasteiger partial charge in [-0.15, -0.1) is 0 Å². The first-order valence-electron chi connectivity index (χ1n) is 10.2. The highest BCUT2D eigenvalue weighted by Crippen LogP contribution is 2.66. The van der Waals surface area contributed by atoms with Crippen LogP contribution in [0, 0.1) is 39.9 Å². The number of ether oxygens (including phenoxy) is 2. The Hall–Kier alpha value is -1.18. The fourth-order valence-electron chi connectivity index (χ4n) is 7.22. The topological polar surface area (TPSA) is 59.3 Å². The molecule has 4 rings (SSSR count). The maximum atomic E-state index is 12.3. The molecule has 0 unspecified atom stereocenters. The number of rotatable bonds is 3. The van der Waals surface area contributed by atoms with E-state index in [1.54, 1.807) is 7.11 Å². The Morgan fingerprint density at radius 3 is 2.65 bits per heavy atom. The van der Waals surface area contributed by atoms with Crippen molar-refractivity contribution < 1.29 is 14.3 Å².